The van der Waals surface area contributed by atoms with Gasteiger partial charge in [0.2, 0.25) is 0 Å². The van der Waals surface area contributed by atoms with Crippen molar-refractivity contribution in [1.29, 1.82) is 5.26 Å². The lowest BCUT2D eigenvalue weighted by Gasteiger charge is -2.19. The van der Waals surface area contributed by atoms with Gasteiger partial charge in [-0.15, -0.1) is 0 Å². The number of hydrogen-bond acceptors (Lipinski definition) is 2. The van der Waals surface area contributed by atoms with Gasteiger partial charge in [-0.1, -0.05) is 36.4 Å². The maximum Gasteiger partial charge on any atom is 0.0992 e. The van der Waals surface area contributed by atoms with Crippen molar-refractivity contribution in [3.05, 3.63) is 65.7 Å². The van der Waals surface area contributed by atoms with Crippen LogP contribution in [0, 0.1) is 11.3 Å². The molecule has 2 aromatic rings. The van der Waals surface area contributed by atoms with Gasteiger partial charge in [0.25, 0.3) is 0 Å². The molecular formula is C16H16N2. The third kappa shape index (κ3) is 3.11. The van der Waals surface area contributed by atoms with E-state index in [1.54, 1.807) is 0 Å². The highest BCUT2D eigenvalue weighted by molar-refractivity contribution is 5.50. The molecule has 0 N–H and O–H groups in total. The number of rotatable bonds is 4. The van der Waals surface area contributed by atoms with Crippen molar-refractivity contribution in [2.45, 2.75) is 6.42 Å². The van der Waals surface area contributed by atoms with Gasteiger partial charge in [-0.25, -0.2) is 0 Å². The molecule has 0 aliphatic heterocycles. The molecule has 0 amide bonds. The van der Waals surface area contributed by atoms with Gasteiger partial charge in [0, 0.05) is 19.3 Å². The summed E-state index contributed by atoms with van der Waals surface area (Å²) in [6.07, 6.45) is 1.01. The molecule has 18 heavy (non-hydrogen) atoms. The van der Waals surface area contributed by atoms with E-state index < -0.39 is 0 Å². The molecule has 2 aromatic carbocycles. The van der Waals surface area contributed by atoms with Gasteiger partial charge < -0.3 is 4.90 Å². The molecule has 0 atom stereocenters. The van der Waals surface area contributed by atoms with E-state index in [0.717, 1.165) is 18.7 Å². The number of anilines is 1. The largest absolute Gasteiger partial charge is 0.374 e. The van der Waals surface area contributed by atoms with Crippen LogP contribution >= 0.6 is 0 Å². The van der Waals surface area contributed by atoms with Crippen LogP contribution in [-0.2, 0) is 6.42 Å². The molecule has 90 valence electrons. The highest BCUT2D eigenvalue weighted by Gasteiger charge is 2.02. The van der Waals surface area contributed by atoms with Crippen LogP contribution in [0.15, 0.2) is 54.6 Å². The fourth-order valence-electron chi connectivity index (χ4n) is 1.88. The second-order valence-electron chi connectivity index (χ2n) is 4.32. The van der Waals surface area contributed by atoms with Crippen LogP contribution in [0.25, 0.3) is 0 Å². The molecule has 0 saturated heterocycles. The Morgan fingerprint density at radius 3 is 2.56 bits per heavy atom. The Hall–Kier alpha value is -2.27. The van der Waals surface area contributed by atoms with E-state index in [1.165, 1.54) is 5.56 Å². The zero-order valence-corrected chi connectivity index (χ0v) is 10.5. The zero-order chi connectivity index (χ0) is 12.8. The predicted octanol–water partition coefficient (Wildman–Crippen LogP) is 3.24. The van der Waals surface area contributed by atoms with Crippen LogP contribution in [0.5, 0.6) is 0 Å². The first-order valence-electron chi connectivity index (χ1n) is 6.05. The summed E-state index contributed by atoms with van der Waals surface area (Å²) in [7, 11) is 2.05. The Labute approximate surface area is 108 Å². The van der Waals surface area contributed by atoms with E-state index in [4.69, 9.17) is 5.26 Å². The SMILES string of the molecule is CN(CCc1ccccc1)c1cccc(C#N)c1. The molecule has 0 saturated carbocycles. The second-order valence-corrected chi connectivity index (χ2v) is 4.32. The van der Waals surface area contributed by atoms with Crippen LogP contribution in [0.2, 0.25) is 0 Å². The van der Waals surface area contributed by atoms with E-state index >= 15 is 0 Å². The fraction of sp³-hybridized carbons (Fsp3) is 0.188. The van der Waals surface area contributed by atoms with Gasteiger partial charge in [-0.3, -0.25) is 0 Å². The Bertz CT molecular complexity index is 541. The Kier molecular flexibility index (Phi) is 3.98. The highest BCUT2D eigenvalue weighted by Crippen LogP contribution is 2.14. The average molecular weight is 236 g/mol. The smallest absolute Gasteiger partial charge is 0.0992 e. The summed E-state index contributed by atoms with van der Waals surface area (Å²) in [5.41, 5.74) is 3.13. The Morgan fingerprint density at radius 1 is 1.06 bits per heavy atom. The molecule has 0 spiro atoms. The average Bonchev–Trinajstić information content (AvgIpc) is 2.46. The van der Waals surface area contributed by atoms with Gasteiger partial charge in [0.05, 0.1) is 11.6 Å². The monoisotopic (exact) mass is 236 g/mol. The summed E-state index contributed by atoms with van der Waals surface area (Å²) >= 11 is 0. The normalized spacial score (nSPS) is 9.78. The molecule has 0 bridgehead atoms. The van der Waals surface area contributed by atoms with Gasteiger partial charge in [0.15, 0.2) is 0 Å². The van der Waals surface area contributed by atoms with Crippen LogP contribution in [0.1, 0.15) is 11.1 Å². The standard InChI is InChI=1S/C16H16N2/c1-18(11-10-14-6-3-2-4-7-14)16-9-5-8-15(12-16)13-17/h2-9,12H,10-11H2,1H3. The number of nitriles is 1. The van der Waals surface area contributed by atoms with Gasteiger partial charge >= 0.3 is 0 Å². The van der Waals surface area contributed by atoms with Crippen LogP contribution in [0.3, 0.4) is 0 Å². The second kappa shape index (κ2) is 5.88. The molecule has 0 fully saturated rings. The summed E-state index contributed by atoms with van der Waals surface area (Å²) in [6, 6.07) is 20.3. The molecule has 2 rings (SSSR count). The third-order valence-corrected chi connectivity index (χ3v) is 2.99. The van der Waals surface area contributed by atoms with Crippen molar-refractivity contribution in [1.82, 2.24) is 0 Å². The molecule has 2 heteroatoms. The van der Waals surface area contributed by atoms with Crippen molar-refractivity contribution < 1.29 is 0 Å². The van der Waals surface area contributed by atoms with E-state index in [-0.39, 0.29) is 0 Å². The summed E-state index contributed by atoms with van der Waals surface area (Å²) in [6.45, 7) is 0.943. The van der Waals surface area contributed by atoms with Gasteiger partial charge in [0.1, 0.15) is 0 Å². The van der Waals surface area contributed by atoms with Gasteiger partial charge in [-0.05, 0) is 30.2 Å². The third-order valence-electron chi connectivity index (χ3n) is 2.99. The Morgan fingerprint density at radius 2 is 1.83 bits per heavy atom. The summed E-state index contributed by atoms with van der Waals surface area (Å²) < 4.78 is 0. The van der Waals surface area contributed by atoms with Crippen molar-refractivity contribution in [3.63, 3.8) is 0 Å². The maximum atomic E-state index is 8.88. The van der Waals surface area contributed by atoms with Crippen molar-refractivity contribution in [2.24, 2.45) is 0 Å². The number of nitrogens with zero attached hydrogens (tertiary/aromatic N) is 2. The van der Waals surface area contributed by atoms with Gasteiger partial charge in [-0.2, -0.15) is 5.26 Å². The van der Waals surface area contributed by atoms with E-state index in [1.807, 2.05) is 30.3 Å². The van der Waals surface area contributed by atoms with Crippen molar-refractivity contribution >= 4 is 5.69 Å². The number of benzene rings is 2. The van der Waals surface area contributed by atoms with Crippen molar-refractivity contribution in [2.75, 3.05) is 18.5 Å². The predicted molar refractivity (Wildman–Crippen MR) is 74.6 cm³/mol. The minimum Gasteiger partial charge on any atom is -0.374 e. The molecular weight excluding hydrogens is 220 g/mol. The molecule has 2 nitrogen and oxygen atoms in total. The quantitative estimate of drug-likeness (QED) is 0.815. The first-order valence-corrected chi connectivity index (χ1v) is 6.05. The number of hydrogen-bond donors (Lipinski definition) is 0. The first kappa shape index (κ1) is 12.2. The fourth-order valence-corrected chi connectivity index (χ4v) is 1.88. The molecule has 0 unspecified atom stereocenters. The van der Waals surface area contributed by atoms with Crippen LogP contribution in [0.4, 0.5) is 5.69 Å². The summed E-state index contributed by atoms with van der Waals surface area (Å²) in [4.78, 5) is 2.17. The van der Waals surface area contributed by atoms with Crippen LogP contribution in [-0.4, -0.2) is 13.6 Å². The topological polar surface area (TPSA) is 27.0 Å². The summed E-state index contributed by atoms with van der Waals surface area (Å²) in [5.74, 6) is 0. The van der Waals surface area contributed by atoms with Crippen molar-refractivity contribution in [3.8, 4) is 6.07 Å². The minimum atomic E-state index is 0.707. The molecule has 0 aliphatic rings. The van der Waals surface area contributed by atoms with E-state index in [2.05, 4.69) is 42.3 Å². The Balaban J connectivity index is 1.99. The highest BCUT2D eigenvalue weighted by atomic mass is 15.1. The van der Waals surface area contributed by atoms with E-state index in [0.29, 0.717) is 5.56 Å². The van der Waals surface area contributed by atoms with Crippen LogP contribution < -0.4 is 4.90 Å². The molecule has 0 heterocycles. The van der Waals surface area contributed by atoms with E-state index in [9.17, 15) is 0 Å². The number of likely N-dealkylation sites (N-methyl/N-ethyl adjacent to an activating group) is 1. The summed E-state index contributed by atoms with van der Waals surface area (Å²) in [5, 5.41) is 8.88. The molecule has 0 radical (unpaired) electrons. The maximum absolute atomic E-state index is 8.88. The zero-order valence-electron chi connectivity index (χ0n) is 10.5. The minimum absolute atomic E-state index is 0.707. The molecule has 0 aliphatic carbocycles. The first-order chi connectivity index (χ1) is 8.79. The lowest BCUT2D eigenvalue weighted by molar-refractivity contribution is 0.876. The lowest BCUT2D eigenvalue weighted by Crippen LogP contribution is -2.20. The molecule has 0 aromatic heterocycles. The lowest BCUT2D eigenvalue weighted by atomic mass is 10.1.